The maximum atomic E-state index is 12.3. The van der Waals surface area contributed by atoms with Crippen LogP contribution in [0.4, 0.5) is 0 Å². The number of carbonyl (C=O) groups is 1. The van der Waals surface area contributed by atoms with E-state index in [0.29, 0.717) is 5.76 Å². The molecule has 3 aromatic rings. The van der Waals surface area contributed by atoms with Crippen LogP contribution in [-0.4, -0.2) is 18.2 Å². The highest BCUT2D eigenvalue weighted by Crippen LogP contribution is 2.21. The number of hydrogen-bond acceptors (Lipinski definition) is 4. The average Bonchev–Trinajstić information content (AvgIpc) is 3.13. The van der Waals surface area contributed by atoms with Crippen LogP contribution in [0.25, 0.3) is 11.3 Å². The third-order valence-corrected chi connectivity index (χ3v) is 3.76. The lowest BCUT2D eigenvalue weighted by atomic mass is 10.1. The van der Waals surface area contributed by atoms with Crippen molar-refractivity contribution in [1.29, 1.82) is 0 Å². The fourth-order valence-electron chi connectivity index (χ4n) is 2.37. The van der Waals surface area contributed by atoms with Crippen molar-refractivity contribution >= 4 is 5.91 Å². The molecule has 2 aromatic carbocycles. The van der Waals surface area contributed by atoms with Crippen molar-refractivity contribution in [2.45, 2.75) is 13.0 Å². The van der Waals surface area contributed by atoms with E-state index in [4.69, 9.17) is 9.26 Å². The lowest BCUT2D eigenvalue weighted by Gasteiger charge is -2.13. The van der Waals surface area contributed by atoms with Gasteiger partial charge in [0.1, 0.15) is 5.75 Å². The van der Waals surface area contributed by atoms with E-state index >= 15 is 0 Å². The van der Waals surface area contributed by atoms with E-state index in [-0.39, 0.29) is 17.6 Å². The van der Waals surface area contributed by atoms with E-state index in [1.54, 1.807) is 13.2 Å². The molecule has 0 aliphatic rings. The summed E-state index contributed by atoms with van der Waals surface area (Å²) < 4.78 is 10.4. The third kappa shape index (κ3) is 3.46. The van der Waals surface area contributed by atoms with Gasteiger partial charge in [-0.1, -0.05) is 47.6 Å². The number of nitrogens with zero attached hydrogens (tertiary/aromatic N) is 1. The van der Waals surface area contributed by atoms with Crippen molar-refractivity contribution in [1.82, 2.24) is 10.5 Å². The van der Waals surface area contributed by atoms with Crippen molar-refractivity contribution in [3.05, 3.63) is 71.9 Å². The molecular formula is C19H18N2O3. The summed E-state index contributed by atoms with van der Waals surface area (Å²) in [6.07, 6.45) is 0. The first kappa shape index (κ1) is 15.8. The summed E-state index contributed by atoms with van der Waals surface area (Å²) in [5, 5.41) is 6.77. The lowest BCUT2D eigenvalue weighted by Crippen LogP contribution is -2.26. The largest absolute Gasteiger partial charge is 0.497 e. The van der Waals surface area contributed by atoms with E-state index < -0.39 is 0 Å². The SMILES string of the molecule is COc1ccc([C@@H](C)NC(=O)c2cc(-c3ccccc3)on2)cc1. The fraction of sp³-hybridized carbons (Fsp3) is 0.158. The molecular weight excluding hydrogens is 304 g/mol. The molecule has 0 spiro atoms. The maximum absolute atomic E-state index is 12.3. The predicted octanol–water partition coefficient (Wildman–Crippen LogP) is 3.84. The number of nitrogens with one attached hydrogen (secondary N) is 1. The van der Waals surface area contributed by atoms with Gasteiger partial charge in [0, 0.05) is 11.6 Å². The molecule has 5 heteroatoms. The highest BCUT2D eigenvalue weighted by Gasteiger charge is 2.16. The van der Waals surface area contributed by atoms with Gasteiger partial charge in [0.15, 0.2) is 11.5 Å². The standard InChI is InChI=1S/C19H18N2O3/c1-13(14-8-10-16(23-2)11-9-14)20-19(22)17-12-18(24-21-17)15-6-4-3-5-7-15/h3-13H,1-2H3,(H,20,22)/t13-/m1/s1. The van der Waals surface area contributed by atoms with Crippen molar-refractivity contribution in [3.8, 4) is 17.1 Å². The molecule has 1 N–H and O–H groups in total. The van der Waals surface area contributed by atoms with E-state index in [0.717, 1.165) is 16.9 Å². The second-order valence-corrected chi connectivity index (χ2v) is 5.41. The summed E-state index contributed by atoms with van der Waals surface area (Å²) >= 11 is 0. The molecule has 0 bridgehead atoms. The van der Waals surface area contributed by atoms with Crippen LogP contribution in [0.5, 0.6) is 5.75 Å². The second-order valence-electron chi connectivity index (χ2n) is 5.41. The predicted molar refractivity (Wildman–Crippen MR) is 90.8 cm³/mol. The van der Waals surface area contributed by atoms with Gasteiger partial charge < -0.3 is 14.6 Å². The van der Waals surface area contributed by atoms with Crippen LogP contribution in [0.3, 0.4) is 0 Å². The average molecular weight is 322 g/mol. The van der Waals surface area contributed by atoms with Gasteiger partial charge in [-0.25, -0.2) is 0 Å². The van der Waals surface area contributed by atoms with Gasteiger partial charge in [0.25, 0.3) is 5.91 Å². The minimum absolute atomic E-state index is 0.153. The lowest BCUT2D eigenvalue weighted by molar-refractivity contribution is 0.0931. The summed E-state index contributed by atoms with van der Waals surface area (Å²) in [6.45, 7) is 1.91. The van der Waals surface area contributed by atoms with Gasteiger partial charge in [-0.2, -0.15) is 0 Å². The van der Waals surface area contributed by atoms with Crippen LogP contribution >= 0.6 is 0 Å². The summed E-state index contributed by atoms with van der Waals surface area (Å²) in [6, 6.07) is 18.6. The van der Waals surface area contributed by atoms with E-state index in [1.165, 1.54) is 0 Å². The number of carbonyl (C=O) groups excluding carboxylic acids is 1. The molecule has 0 radical (unpaired) electrons. The second kappa shape index (κ2) is 7.00. The minimum Gasteiger partial charge on any atom is -0.497 e. The van der Waals surface area contributed by atoms with Crippen molar-refractivity contribution in [2.24, 2.45) is 0 Å². The number of benzene rings is 2. The van der Waals surface area contributed by atoms with Crippen LogP contribution in [0.15, 0.2) is 65.2 Å². The molecule has 0 aliphatic carbocycles. The smallest absolute Gasteiger partial charge is 0.273 e. The first-order valence-corrected chi connectivity index (χ1v) is 7.64. The van der Waals surface area contributed by atoms with Gasteiger partial charge >= 0.3 is 0 Å². The fourth-order valence-corrected chi connectivity index (χ4v) is 2.37. The molecule has 0 saturated carbocycles. The van der Waals surface area contributed by atoms with Gasteiger partial charge in [0.05, 0.1) is 13.2 Å². The molecule has 0 saturated heterocycles. The molecule has 5 nitrogen and oxygen atoms in total. The highest BCUT2D eigenvalue weighted by molar-refractivity contribution is 5.93. The summed E-state index contributed by atoms with van der Waals surface area (Å²) in [5.74, 6) is 1.07. The van der Waals surface area contributed by atoms with E-state index in [9.17, 15) is 4.79 Å². The zero-order valence-corrected chi connectivity index (χ0v) is 13.5. The number of ether oxygens (including phenoxy) is 1. The normalized spacial score (nSPS) is 11.8. The number of rotatable bonds is 5. The Hall–Kier alpha value is -3.08. The Morgan fingerprint density at radius 1 is 1.12 bits per heavy atom. The van der Waals surface area contributed by atoms with Crippen LogP contribution in [0, 0.1) is 0 Å². The Balaban J connectivity index is 1.69. The van der Waals surface area contributed by atoms with Gasteiger partial charge in [-0.3, -0.25) is 4.79 Å². The molecule has 122 valence electrons. The zero-order valence-electron chi connectivity index (χ0n) is 13.5. The van der Waals surface area contributed by atoms with Gasteiger partial charge in [0.2, 0.25) is 0 Å². The van der Waals surface area contributed by atoms with Gasteiger partial charge in [-0.15, -0.1) is 0 Å². The number of aromatic nitrogens is 1. The molecule has 1 atom stereocenters. The van der Waals surface area contributed by atoms with Gasteiger partial charge in [-0.05, 0) is 24.6 Å². The molecule has 0 fully saturated rings. The summed E-state index contributed by atoms with van der Waals surface area (Å²) in [4.78, 5) is 12.3. The Kier molecular flexibility index (Phi) is 4.61. The Bertz CT molecular complexity index is 810. The first-order chi connectivity index (χ1) is 11.7. The molecule has 1 amide bonds. The Morgan fingerprint density at radius 3 is 2.50 bits per heavy atom. The zero-order chi connectivity index (χ0) is 16.9. The van der Waals surface area contributed by atoms with Crippen LogP contribution in [0.1, 0.15) is 29.0 Å². The molecule has 24 heavy (non-hydrogen) atoms. The van der Waals surface area contributed by atoms with E-state index in [2.05, 4.69) is 10.5 Å². The molecule has 0 aliphatic heterocycles. The monoisotopic (exact) mass is 322 g/mol. The molecule has 1 heterocycles. The van der Waals surface area contributed by atoms with Crippen LogP contribution in [0.2, 0.25) is 0 Å². The molecule has 1 aromatic heterocycles. The van der Waals surface area contributed by atoms with Crippen LogP contribution in [-0.2, 0) is 0 Å². The van der Waals surface area contributed by atoms with Crippen LogP contribution < -0.4 is 10.1 Å². The quantitative estimate of drug-likeness (QED) is 0.775. The van der Waals surface area contributed by atoms with Crippen molar-refractivity contribution in [3.63, 3.8) is 0 Å². The maximum Gasteiger partial charge on any atom is 0.273 e. The number of hydrogen-bond donors (Lipinski definition) is 1. The summed E-state index contributed by atoms with van der Waals surface area (Å²) in [5.41, 5.74) is 2.12. The Labute approximate surface area is 140 Å². The number of methoxy groups -OCH3 is 1. The Morgan fingerprint density at radius 2 is 1.83 bits per heavy atom. The van der Waals surface area contributed by atoms with Crippen molar-refractivity contribution < 1.29 is 14.1 Å². The molecule has 0 unspecified atom stereocenters. The topological polar surface area (TPSA) is 64.4 Å². The molecule has 3 rings (SSSR count). The van der Waals surface area contributed by atoms with E-state index in [1.807, 2.05) is 61.5 Å². The summed E-state index contributed by atoms with van der Waals surface area (Å²) in [7, 11) is 1.62. The highest BCUT2D eigenvalue weighted by atomic mass is 16.5. The van der Waals surface area contributed by atoms with Crippen molar-refractivity contribution in [2.75, 3.05) is 7.11 Å². The first-order valence-electron chi connectivity index (χ1n) is 7.64. The minimum atomic E-state index is -0.274. The third-order valence-electron chi connectivity index (χ3n) is 3.76. The number of amides is 1.